The molecule has 0 radical (unpaired) electrons. The molecule has 0 atom stereocenters. The number of hydrogen-bond donors (Lipinski definition) is 1. The number of thiophene rings is 1. The number of para-hydroxylation sites is 2. The number of nitrogens with one attached hydrogen (secondary N) is 1. The first-order valence-electron chi connectivity index (χ1n) is 7.99. The number of rotatable bonds is 6. The number of hydrogen-bond acceptors (Lipinski definition) is 7. The molecule has 0 saturated carbocycles. The van der Waals surface area contributed by atoms with Crippen molar-refractivity contribution in [2.75, 3.05) is 11.1 Å². The van der Waals surface area contributed by atoms with Crippen LogP contribution in [-0.2, 0) is 11.8 Å². The Labute approximate surface area is 163 Å². The summed E-state index contributed by atoms with van der Waals surface area (Å²) in [5.41, 5.74) is 2.24. The van der Waals surface area contributed by atoms with Crippen molar-refractivity contribution in [2.24, 2.45) is 7.05 Å². The van der Waals surface area contributed by atoms with E-state index in [2.05, 4.69) is 22.4 Å². The SMILES string of the molecule is Cc1scc(-c2nnc(SCC(=O)Nc3ccccc3[N+](=O)[O-])n2C)c1C. The van der Waals surface area contributed by atoms with Gasteiger partial charge in [-0.2, -0.15) is 0 Å². The van der Waals surface area contributed by atoms with E-state index in [1.807, 2.05) is 23.9 Å². The zero-order chi connectivity index (χ0) is 19.6. The fourth-order valence-electron chi connectivity index (χ4n) is 2.46. The van der Waals surface area contributed by atoms with Crippen molar-refractivity contribution in [3.63, 3.8) is 0 Å². The number of aryl methyl sites for hydroxylation is 1. The number of benzene rings is 1. The molecule has 1 N–H and O–H groups in total. The van der Waals surface area contributed by atoms with Gasteiger partial charge in [0, 0.05) is 28.9 Å². The molecule has 3 rings (SSSR count). The Morgan fingerprint density at radius 2 is 2.07 bits per heavy atom. The van der Waals surface area contributed by atoms with Gasteiger partial charge in [0.1, 0.15) is 5.69 Å². The number of anilines is 1. The maximum absolute atomic E-state index is 12.2. The van der Waals surface area contributed by atoms with Gasteiger partial charge in [0.05, 0.1) is 10.7 Å². The third-order valence-corrected chi connectivity index (χ3v) is 6.10. The number of nitro groups is 1. The average molecular weight is 403 g/mol. The average Bonchev–Trinajstić information content (AvgIpc) is 3.16. The standard InChI is InChI=1S/C17H17N5O3S2/c1-10-11(2)26-8-12(10)16-19-20-17(21(16)3)27-9-15(23)18-13-6-4-5-7-14(13)22(24)25/h4-8H,9H2,1-3H3,(H,18,23). The molecule has 1 aromatic carbocycles. The fourth-order valence-corrected chi connectivity index (χ4v) is 4.04. The summed E-state index contributed by atoms with van der Waals surface area (Å²) in [6, 6.07) is 6.04. The highest BCUT2D eigenvalue weighted by Crippen LogP contribution is 2.31. The number of nitrogens with zero attached hydrogens (tertiary/aromatic N) is 4. The molecule has 27 heavy (non-hydrogen) atoms. The van der Waals surface area contributed by atoms with Gasteiger partial charge in [0.15, 0.2) is 11.0 Å². The molecule has 0 fully saturated rings. The monoisotopic (exact) mass is 403 g/mol. The molecule has 3 aromatic rings. The predicted molar refractivity (Wildman–Crippen MR) is 106 cm³/mol. The smallest absolute Gasteiger partial charge is 0.292 e. The van der Waals surface area contributed by atoms with Crippen LogP contribution in [0.1, 0.15) is 10.4 Å². The van der Waals surface area contributed by atoms with E-state index in [-0.39, 0.29) is 23.0 Å². The van der Waals surface area contributed by atoms with Crippen LogP contribution in [0.4, 0.5) is 11.4 Å². The van der Waals surface area contributed by atoms with Crippen molar-refractivity contribution in [2.45, 2.75) is 19.0 Å². The lowest BCUT2D eigenvalue weighted by atomic mass is 10.2. The van der Waals surface area contributed by atoms with E-state index < -0.39 is 4.92 Å². The van der Waals surface area contributed by atoms with Crippen LogP contribution >= 0.6 is 23.1 Å². The van der Waals surface area contributed by atoms with Crippen LogP contribution in [0, 0.1) is 24.0 Å². The van der Waals surface area contributed by atoms with Crippen molar-refractivity contribution in [3.8, 4) is 11.4 Å². The van der Waals surface area contributed by atoms with E-state index >= 15 is 0 Å². The molecule has 0 bridgehead atoms. The van der Waals surface area contributed by atoms with Crippen LogP contribution in [0.2, 0.25) is 0 Å². The van der Waals surface area contributed by atoms with Crippen molar-refractivity contribution in [1.29, 1.82) is 0 Å². The summed E-state index contributed by atoms with van der Waals surface area (Å²) in [6.07, 6.45) is 0. The first-order chi connectivity index (χ1) is 12.9. The first kappa shape index (κ1) is 19.1. The molecule has 0 saturated heterocycles. The molecule has 0 aliphatic carbocycles. The summed E-state index contributed by atoms with van der Waals surface area (Å²) in [5.74, 6) is 0.472. The Hall–Kier alpha value is -2.72. The van der Waals surface area contributed by atoms with Crippen molar-refractivity contribution in [1.82, 2.24) is 14.8 Å². The molecule has 1 amide bonds. The van der Waals surface area contributed by atoms with Gasteiger partial charge in [-0.05, 0) is 25.5 Å². The van der Waals surface area contributed by atoms with Gasteiger partial charge in [-0.3, -0.25) is 14.9 Å². The first-order valence-corrected chi connectivity index (χ1v) is 9.85. The second kappa shape index (κ2) is 7.89. The Balaban J connectivity index is 1.68. The zero-order valence-corrected chi connectivity index (χ0v) is 16.6. The number of thioether (sulfide) groups is 1. The van der Waals surface area contributed by atoms with E-state index in [9.17, 15) is 14.9 Å². The minimum atomic E-state index is -0.525. The molecule has 0 aliphatic rings. The minimum Gasteiger partial charge on any atom is -0.320 e. The molecule has 2 aromatic heterocycles. The van der Waals surface area contributed by atoms with Crippen molar-refractivity contribution >= 4 is 40.4 Å². The van der Waals surface area contributed by atoms with E-state index in [4.69, 9.17) is 0 Å². The molecule has 140 valence electrons. The van der Waals surface area contributed by atoms with E-state index in [0.29, 0.717) is 5.16 Å². The highest BCUT2D eigenvalue weighted by Gasteiger charge is 2.18. The summed E-state index contributed by atoms with van der Waals surface area (Å²) in [7, 11) is 1.85. The van der Waals surface area contributed by atoms with Crippen molar-refractivity contribution < 1.29 is 9.72 Å². The molecule has 0 unspecified atom stereocenters. The second-order valence-electron chi connectivity index (χ2n) is 5.81. The Bertz CT molecular complexity index is 1010. The lowest BCUT2D eigenvalue weighted by molar-refractivity contribution is -0.383. The molecule has 0 spiro atoms. The van der Waals surface area contributed by atoms with Gasteiger partial charge < -0.3 is 9.88 Å². The van der Waals surface area contributed by atoms with E-state index in [1.165, 1.54) is 34.3 Å². The van der Waals surface area contributed by atoms with Crippen LogP contribution in [-0.4, -0.2) is 31.3 Å². The van der Waals surface area contributed by atoms with Crippen LogP contribution in [0.5, 0.6) is 0 Å². The fraction of sp³-hybridized carbons (Fsp3) is 0.235. The minimum absolute atomic E-state index is 0.0691. The van der Waals surface area contributed by atoms with Crippen LogP contribution in [0.25, 0.3) is 11.4 Å². The lowest BCUT2D eigenvalue weighted by Gasteiger charge is -2.06. The Morgan fingerprint density at radius 1 is 1.33 bits per heavy atom. The van der Waals surface area contributed by atoms with Gasteiger partial charge in [0.2, 0.25) is 5.91 Å². The maximum atomic E-state index is 12.2. The lowest BCUT2D eigenvalue weighted by Crippen LogP contribution is -2.15. The second-order valence-corrected chi connectivity index (χ2v) is 7.83. The van der Waals surface area contributed by atoms with Gasteiger partial charge in [0.25, 0.3) is 5.69 Å². The summed E-state index contributed by atoms with van der Waals surface area (Å²) in [6.45, 7) is 4.10. The summed E-state index contributed by atoms with van der Waals surface area (Å²) < 4.78 is 1.84. The maximum Gasteiger partial charge on any atom is 0.292 e. The largest absolute Gasteiger partial charge is 0.320 e. The third kappa shape index (κ3) is 4.01. The molecular formula is C17H17N5O3S2. The topological polar surface area (TPSA) is 103 Å². The number of amides is 1. The number of nitro benzene ring substituents is 1. The third-order valence-electron chi connectivity index (χ3n) is 4.07. The highest BCUT2D eigenvalue weighted by atomic mass is 32.2. The van der Waals surface area contributed by atoms with Gasteiger partial charge in [-0.1, -0.05) is 23.9 Å². The predicted octanol–water partition coefficient (Wildman–Crippen LogP) is 3.80. The Kier molecular flexibility index (Phi) is 5.57. The summed E-state index contributed by atoms with van der Waals surface area (Å²) in [5, 5.41) is 24.6. The summed E-state index contributed by atoms with van der Waals surface area (Å²) in [4.78, 5) is 23.9. The normalized spacial score (nSPS) is 10.8. The number of aromatic nitrogens is 3. The van der Waals surface area contributed by atoms with Crippen LogP contribution in [0.3, 0.4) is 0 Å². The quantitative estimate of drug-likeness (QED) is 0.381. The Morgan fingerprint density at radius 3 is 2.74 bits per heavy atom. The molecule has 0 aliphatic heterocycles. The molecule has 8 nitrogen and oxygen atoms in total. The molecule has 2 heterocycles. The molecular weight excluding hydrogens is 386 g/mol. The van der Waals surface area contributed by atoms with Gasteiger partial charge >= 0.3 is 0 Å². The highest BCUT2D eigenvalue weighted by molar-refractivity contribution is 7.99. The number of carbonyl (C=O) groups excluding carboxylic acids is 1. The van der Waals surface area contributed by atoms with Crippen LogP contribution < -0.4 is 5.32 Å². The molecule has 10 heteroatoms. The van der Waals surface area contributed by atoms with Gasteiger partial charge in [-0.15, -0.1) is 21.5 Å². The zero-order valence-electron chi connectivity index (χ0n) is 14.9. The van der Waals surface area contributed by atoms with Crippen molar-refractivity contribution in [3.05, 3.63) is 50.2 Å². The van der Waals surface area contributed by atoms with E-state index in [1.54, 1.807) is 23.5 Å². The van der Waals surface area contributed by atoms with Crippen LogP contribution in [0.15, 0.2) is 34.8 Å². The van der Waals surface area contributed by atoms with Gasteiger partial charge in [-0.25, -0.2) is 0 Å². The van der Waals surface area contributed by atoms with E-state index in [0.717, 1.165) is 11.4 Å². The summed E-state index contributed by atoms with van der Waals surface area (Å²) >= 11 is 2.89. The number of carbonyl (C=O) groups is 1.